The molecule has 0 aliphatic rings. The smallest absolute Gasteiger partial charge is 0.404 e. The number of nitrogens with zero attached hydrogens (tertiary/aromatic N) is 1. The highest BCUT2D eigenvalue weighted by Gasteiger charge is 2.32. The second-order valence-electron chi connectivity index (χ2n) is 2.49. The number of isocyanates is 1. The molecule has 0 radical (unpaired) electrons. The minimum absolute atomic E-state index is 0.136. The fraction of sp³-hybridized carbons (Fsp3) is 0.125. The number of aliphatic imine (C=N–C) groups is 1. The first-order chi connectivity index (χ1) is 7.33. The van der Waals surface area contributed by atoms with E-state index in [2.05, 4.69) is 9.73 Å². The van der Waals surface area contributed by atoms with E-state index >= 15 is 0 Å². The molecule has 0 atom stereocenters. The van der Waals surface area contributed by atoms with Gasteiger partial charge in [0, 0.05) is 6.07 Å². The van der Waals surface area contributed by atoms with Crippen molar-refractivity contribution in [1.82, 2.24) is 0 Å². The van der Waals surface area contributed by atoms with Crippen LogP contribution in [-0.2, 0) is 4.79 Å². The molecule has 0 bridgehead atoms. The quantitative estimate of drug-likeness (QED) is 0.605. The average molecular weight is 272 g/mol. The Morgan fingerprint density at radius 1 is 1.31 bits per heavy atom. The number of alkyl halides is 3. The molecule has 0 spiro atoms. The van der Waals surface area contributed by atoms with Crippen molar-refractivity contribution < 1.29 is 22.7 Å². The van der Waals surface area contributed by atoms with Gasteiger partial charge in [-0.05, 0) is 6.07 Å². The summed E-state index contributed by atoms with van der Waals surface area (Å²) in [7, 11) is 0. The molecular weight excluding hydrogens is 270 g/mol. The van der Waals surface area contributed by atoms with Crippen molar-refractivity contribution in [3.63, 3.8) is 0 Å². The van der Waals surface area contributed by atoms with E-state index < -0.39 is 17.1 Å². The van der Waals surface area contributed by atoms with Gasteiger partial charge < -0.3 is 4.74 Å². The SMILES string of the molecule is O=C=Nc1cc(Cl)c(Cl)c(OC(F)(F)F)c1. The zero-order valence-electron chi connectivity index (χ0n) is 7.31. The van der Waals surface area contributed by atoms with Crippen LogP contribution in [0.4, 0.5) is 18.9 Å². The van der Waals surface area contributed by atoms with Crippen LogP contribution < -0.4 is 4.74 Å². The molecule has 8 heteroatoms. The minimum Gasteiger partial charge on any atom is -0.404 e. The maximum absolute atomic E-state index is 11.9. The summed E-state index contributed by atoms with van der Waals surface area (Å²) in [6.07, 6.45) is -3.75. The van der Waals surface area contributed by atoms with Gasteiger partial charge in [-0.1, -0.05) is 23.2 Å². The van der Waals surface area contributed by atoms with Gasteiger partial charge >= 0.3 is 6.36 Å². The van der Waals surface area contributed by atoms with Crippen molar-refractivity contribution >= 4 is 35.0 Å². The van der Waals surface area contributed by atoms with Crippen molar-refractivity contribution in [2.75, 3.05) is 0 Å². The summed E-state index contributed by atoms with van der Waals surface area (Å²) in [6, 6.07) is 1.94. The van der Waals surface area contributed by atoms with Crippen LogP contribution >= 0.6 is 23.2 Å². The van der Waals surface area contributed by atoms with Crippen molar-refractivity contribution in [1.29, 1.82) is 0 Å². The lowest BCUT2D eigenvalue weighted by Crippen LogP contribution is -2.17. The number of benzene rings is 1. The Balaban J connectivity index is 3.21. The molecule has 0 fully saturated rings. The zero-order chi connectivity index (χ0) is 12.3. The van der Waals surface area contributed by atoms with Crippen molar-refractivity contribution in [3.8, 4) is 5.75 Å². The Hall–Kier alpha value is -1.23. The van der Waals surface area contributed by atoms with Crippen LogP contribution in [0.5, 0.6) is 5.75 Å². The van der Waals surface area contributed by atoms with Gasteiger partial charge in [0.15, 0.2) is 5.75 Å². The lowest BCUT2D eigenvalue weighted by atomic mass is 10.3. The molecule has 86 valence electrons. The second kappa shape index (κ2) is 4.74. The number of halogens is 5. The lowest BCUT2D eigenvalue weighted by Gasteiger charge is -2.11. The third-order valence-corrected chi connectivity index (χ3v) is 2.16. The van der Waals surface area contributed by atoms with Gasteiger partial charge in [-0.3, -0.25) is 0 Å². The molecule has 16 heavy (non-hydrogen) atoms. The van der Waals surface area contributed by atoms with Crippen LogP contribution in [-0.4, -0.2) is 12.4 Å². The topological polar surface area (TPSA) is 38.7 Å². The number of ether oxygens (including phenoxy) is 1. The minimum atomic E-state index is -4.91. The molecule has 1 aromatic rings. The van der Waals surface area contributed by atoms with Crippen LogP contribution in [0.25, 0.3) is 0 Å². The Morgan fingerprint density at radius 2 is 1.94 bits per heavy atom. The molecule has 0 saturated heterocycles. The van der Waals surface area contributed by atoms with Gasteiger partial charge in [-0.15, -0.1) is 13.2 Å². The third kappa shape index (κ3) is 3.41. The first-order valence-corrected chi connectivity index (χ1v) is 4.42. The summed E-state index contributed by atoms with van der Waals surface area (Å²) in [6.45, 7) is 0. The van der Waals surface area contributed by atoms with E-state index in [9.17, 15) is 18.0 Å². The monoisotopic (exact) mass is 271 g/mol. The molecule has 0 saturated carbocycles. The summed E-state index contributed by atoms with van der Waals surface area (Å²) in [5.74, 6) is -0.726. The normalized spacial score (nSPS) is 10.8. The van der Waals surface area contributed by atoms with Crippen LogP contribution in [0.15, 0.2) is 17.1 Å². The predicted molar refractivity (Wildman–Crippen MR) is 50.9 cm³/mol. The van der Waals surface area contributed by atoms with Crippen molar-refractivity contribution in [3.05, 3.63) is 22.2 Å². The molecule has 1 aromatic carbocycles. The van der Waals surface area contributed by atoms with Gasteiger partial charge in [0.1, 0.15) is 5.02 Å². The Morgan fingerprint density at radius 3 is 2.44 bits per heavy atom. The molecule has 0 N–H and O–H groups in total. The van der Waals surface area contributed by atoms with E-state index in [1.807, 2.05) is 0 Å². The largest absolute Gasteiger partial charge is 0.573 e. The van der Waals surface area contributed by atoms with Gasteiger partial charge in [-0.25, -0.2) is 4.79 Å². The Labute approximate surface area is 97.4 Å². The van der Waals surface area contributed by atoms with Gasteiger partial charge in [0.05, 0.1) is 10.7 Å². The summed E-state index contributed by atoms with van der Waals surface area (Å²) in [5, 5.41) is -0.624. The number of carbonyl (C=O) groups excluding carboxylic acids is 1. The highest BCUT2D eigenvalue weighted by Crippen LogP contribution is 2.38. The van der Waals surface area contributed by atoms with Crippen LogP contribution in [0.1, 0.15) is 0 Å². The maximum atomic E-state index is 11.9. The van der Waals surface area contributed by atoms with Crippen LogP contribution in [0, 0.1) is 0 Å². The number of hydrogen-bond donors (Lipinski definition) is 0. The summed E-state index contributed by atoms with van der Waals surface area (Å²) in [5.41, 5.74) is -0.136. The second-order valence-corrected chi connectivity index (χ2v) is 3.28. The summed E-state index contributed by atoms with van der Waals surface area (Å²) in [4.78, 5) is 13.0. The predicted octanol–water partition coefficient (Wildman–Crippen LogP) is 3.86. The van der Waals surface area contributed by atoms with Crippen LogP contribution in [0.3, 0.4) is 0 Å². The Bertz CT molecular complexity index is 455. The fourth-order valence-corrected chi connectivity index (χ4v) is 1.22. The molecule has 0 amide bonds. The van der Waals surface area contributed by atoms with Gasteiger partial charge in [0.2, 0.25) is 6.08 Å². The van der Waals surface area contributed by atoms with Crippen LogP contribution in [0.2, 0.25) is 10.0 Å². The van der Waals surface area contributed by atoms with E-state index in [1.165, 1.54) is 0 Å². The molecule has 0 aromatic heterocycles. The third-order valence-electron chi connectivity index (χ3n) is 1.38. The molecule has 1 rings (SSSR count). The molecule has 0 heterocycles. The van der Waals surface area contributed by atoms with Gasteiger partial charge in [0.25, 0.3) is 0 Å². The number of hydrogen-bond acceptors (Lipinski definition) is 3. The summed E-state index contributed by atoms with van der Waals surface area (Å²) >= 11 is 11.0. The van der Waals surface area contributed by atoms with Crippen molar-refractivity contribution in [2.45, 2.75) is 6.36 Å². The molecule has 0 aliphatic heterocycles. The van der Waals surface area contributed by atoms with E-state index in [0.29, 0.717) is 0 Å². The number of rotatable bonds is 2. The van der Waals surface area contributed by atoms with E-state index in [-0.39, 0.29) is 10.7 Å². The average Bonchev–Trinajstić information content (AvgIpc) is 2.11. The Kier molecular flexibility index (Phi) is 3.80. The van der Waals surface area contributed by atoms with E-state index in [1.54, 1.807) is 0 Å². The first kappa shape index (κ1) is 12.8. The van der Waals surface area contributed by atoms with Crippen molar-refractivity contribution in [2.24, 2.45) is 4.99 Å². The molecule has 0 aliphatic carbocycles. The highest BCUT2D eigenvalue weighted by molar-refractivity contribution is 6.43. The lowest BCUT2D eigenvalue weighted by molar-refractivity contribution is -0.274. The standard InChI is InChI=1S/C8H2Cl2F3NO2/c9-5-1-4(14-3-15)2-6(7(5)10)16-8(11,12)13/h1-2H. The van der Waals surface area contributed by atoms with E-state index in [0.717, 1.165) is 18.2 Å². The maximum Gasteiger partial charge on any atom is 0.573 e. The highest BCUT2D eigenvalue weighted by atomic mass is 35.5. The zero-order valence-corrected chi connectivity index (χ0v) is 8.82. The first-order valence-electron chi connectivity index (χ1n) is 3.66. The van der Waals surface area contributed by atoms with E-state index in [4.69, 9.17) is 23.2 Å². The molecule has 0 unspecified atom stereocenters. The molecule has 3 nitrogen and oxygen atoms in total. The molecular formula is C8H2Cl2F3NO2. The summed E-state index contributed by atoms with van der Waals surface area (Å²) < 4.78 is 39.4. The fourth-order valence-electron chi connectivity index (χ4n) is 0.866. The van der Waals surface area contributed by atoms with Gasteiger partial charge in [-0.2, -0.15) is 4.99 Å².